The molecule has 2 nitrogen and oxygen atoms in total. The Kier molecular flexibility index (Phi) is 5.33. The second kappa shape index (κ2) is 7.02. The summed E-state index contributed by atoms with van der Waals surface area (Å²) in [5.41, 5.74) is 0.480. The van der Waals surface area contributed by atoms with E-state index in [1.54, 1.807) is 0 Å². The summed E-state index contributed by atoms with van der Waals surface area (Å²) in [7, 11) is 0. The van der Waals surface area contributed by atoms with Gasteiger partial charge in [-0.2, -0.15) is 11.8 Å². The number of nitrogens with one attached hydrogen (secondary N) is 1. The lowest BCUT2D eigenvalue weighted by molar-refractivity contribution is 0.0417. The molecule has 1 saturated carbocycles. The van der Waals surface area contributed by atoms with Crippen molar-refractivity contribution in [2.45, 2.75) is 69.9 Å². The maximum atomic E-state index is 3.96. The van der Waals surface area contributed by atoms with E-state index in [4.69, 9.17) is 0 Å². The molecule has 1 spiro atoms. The fourth-order valence-electron chi connectivity index (χ4n) is 4.48. The van der Waals surface area contributed by atoms with Gasteiger partial charge in [-0.1, -0.05) is 26.2 Å². The molecule has 0 aromatic carbocycles. The highest BCUT2D eigenvalue weighted by Crippen LogP contribution is 2.33. The van der Waals surface area contributed by atoms with E-state index in [9.17, 15) is 0 Å². The molecule has 3 aliphatic rings. The summed E-state index contributed by atoms with van der Waals surface area (Å²) in [6.07, 6.45) is 11.4. The van der Waals surface area contributed by atoms with Crippen molar-refractivity contribution >= 4 is 11.8 Å². The summed E-state index contributed by atoms with van der Waals surface area (Å²) in [5, 5.41) is 3.96. The standard InChI is InChI=1S/C17H32N2S/c1-2-16-12-18-17(8-4-3-5-9-17)14-19(16)13-15-6-10-20-11-7-15/h15-16,18H,2-14H2,1H3. The van der Waals surface area contributed by atoms with Gasteiger partial charge in [-0.15, -0.1) is 0 Å². The zero-order valence-electron chi connectivity index (χ0n) is 13.2. The molecule has 3 rings (SSSR count). The SMILES string of the molecule is CCC1CNC2(CCCCC2)CN1CC1CCSCC1. The number of thioether (sulfide) groups is 1. The van der Waals surface area contributed by atoms with Crippen LogP contribution in [0.5, 0.6) is 0 Å². The molecule has 2 saturated heterocycles. The molecule has 116 valence electrons. The molecule has 0 aromatic heterocycles. The van der Waals surface area contributed by atoms with Crippen LogP contribution in [0.25, 0.3) is 0 Å². The lowest BCUT2D eigenvalue weighted by Gasteiger charge is -2.50. The van der Waals surface area contributed by atoms with Crippen molar-refractivity contribution in [2.24, 2.45) is 5.92 Å². The fourth-order valence-corrected chi connectivity index (χ4v) is 5.68. The summed E-state index contributed by atoms with van der Waals surface area (Å²) >= 11 is 2.16. The Morgan fingerprint density at radius 2 is 1.90 bits per heavy atom. The first-order chi connectivity index (χ1) is 9.81. The molecule has 0 radical (unpaired) electrons. The highest BCUT2D eigenvalue weighted by Gasteiger charge is 2.39. The molecule has 3 heteroatoms. The van der Waals surface area contributed by atoms with E-state index in [2.05, 4.69) is 28.9 Å². The number of nitrogens with zero attached hydrogens (tertiary/aromatic N) is 1. The Balaban J connectivity index is 1.61. The summed E-state index contributed by atoms with van der Waals surface area (Å²) in [6, 6.07) is 0.789. The third-order valence-corrected chi connectivity index (χ3v) is 6.90. The lowest BCUT2D eigenvalue weighted by atomic mass is 9.79. The van der Waals surface area contributed by atoms with Crippen molar-refractivity contribution in [3.05, 3.63) is 0 Å². The van der Waals surface area contributed by atoms with E-state index < -0.39 is 0 Å². The monoisotopic (exact) mass is 296 g/mol. The molecular weight excluding hydrogens is 264 g/mol. The number of hydrogen-bond acceptors (Lipinski definition) is 3. The molecule has 0 amide bonds. The Hall–Kier alpha value is 0.270. The molecule has 1 atom stereocenters. The molecular formula is C17H32N2S. The van der Waals surface area contributed by atoms with Gasteiger partial charge >= 0.3 is 0 Å². The minimum atomic E-state index is 0.480. The summed E-state index contributed by atoms with van der Waals surface area (Å²) in [5.74, 6) is 3.78. The average molecular weight is 297 g/mol. The van der Waals surface area contributed by atoms with Crippen LogP contribution in [0.4, 0.5) is 0 Å². The van der Waals surface area contributed by atoms with Gasteiger partial charge in [-0.25, -0.2) is 0 Å². The van der Waals surface area contributed by atoms with Crippen molar-refractivity contribution in [1.82, 2.24) is 10.2 Å². The lowest BCUT2D eigenvalue weighted by Crippen LogP contribution is -2.65. The third kappa shape index (κ3) is 3.53. The molecule has 1 unspecified atom stereocenters. The molecule has 0 bridgehead atoms. The highest BCUT2D eigenvalue weighted by atomic mass is 32.2. The van der Waals surface area contributed by atoms with Gasteiger partial charge in [0.1, 0.15) is 0 Å². The second-order valence-corrected chi connectivity index (χ2v) is 8.49. The van der Waals surface area contributed by atoms with Gasteiger partial charge < -0.3 is 5.32 Å². The molecule has 1 aliphatic carbocycles. The first kappa shape index (κ1) is 15.2. The molecule has 3 fully saturated rings. The highest BCUT2D eigenvalue weighted by molar-refractivity contribution is 7.99. The Morgan fingerprint density at radius 1 is 1.15 bits per heavy atom. The van der Waals surface area contributed by atoms with Gasteiger partial charge in [0.2, 0.25) is 0 Å². The number of piperazine rings is 1. The topological polar surface area (TPSA) is 15.3 Å². The largest absolute Gasteiger partial charge is 0.308 e. The number of hydrogen-bond donors (Lipinski definition) is 1. The molecule has 2 heterocycles. The van der Waals surface area contributed by atoms with Gasteiger partial charge in [0.05, 0.1) is 0 Å². The van der Waals surface area contributed by atoms with Crippen molar-refractivity contribution in [1.29, 1.82) is 0 Å². The Bertz CT molecular complexity index is 295. The van der Waals surface area contributed by atoms with E-state index >= 15 is 0 Å². The molecule has 20 heavy (non-hydrogen) atoms. The molecule has 0 aromatic rings. The minimum Gasteiger partial charge on any atom is -0.308 e. The van der Waals surface area contributed by atoms with Crippen molar-refractivity contribution < 1.29 is 0 Å². The van der Waals surface area contributed by atoms with Crippen LogP contribution in [0.1, 0.15) is 58.3 Å². The predicted molar refractivity (Wildman–Crippen MR) is 89.5 cm³/mol. The predicted octanol–water partition coefficient (Wildman–Crippen LogP) is 3.52. The van der Waals surface area contributed by atoms with Crippen LogP contribution in [0.15, 0.2) is 0 Å². The number of rotatable bonds is 3. The molecule has 1 N–H and O–H groups in total. The normalized spacial score (nSPS) is 32.5. The van der Waals surface area contributed by atoms with Crippen LogP contribution in [0.3, 0.4) is 0 Å². The Morgan fingerprint density at radius 3 is 2.60 bits per heavy atom. The second-order valence-electron chi connectivity index (χ2n) is 7.27. The van der Waals surface area contributed by atoms with Crippen LogP contribution in [0.2, 0.25) is 0 Å². The van der Waals surface area contributed by atoms with Crippen LogP contribution in [-0.4, -0.2) is 47.6 Å². The smallest absolute Gasteiger partial charge is 0.0309 e. The van der Waals surface area contributed by atoms with Gasteiger partial charge in [-0.05, 0) is 49.5 Å². The maximum Gasteiger partial charge on any atom is 0.0309 e. The maximum absolute atomic E-state index is 3.96. The van der Waals surface area contributed by atoms with Gasteiger partial charge in [0, 0.05) is 31.2 Å². The van der Waals surface area contributed by atoms with Crippen molar-refractivity contribution in [2.75, 3.05) is 31.1 Å². The van der Waals surface area contributed by atoms with E-state index in [0.717, 1.165) is 12.0 Å². The van der Waals surface area contributed by atoms with Gasteiger partial charge in [0.25, 0.3) is 0 Å². The average Bonchev–Trinajstić information content (AvgIpc) is 2.49. The van der Waals surface area contributed by atoms with E-state index in [1.807, 2.05) is 0 Å². The Labute approximate surface area is 129 Å². The third-order valence-electron chi connectivity index (χ3n) is 5.85. The van der Waals surface area contributed by atoms with Gasteiger partial charge in [-0.3, -0.25) is 4.90 Å². The van der Waals surface area contributed by atoms with Gasteiger partial charge in [0.15, 0.2) is 0 Å². The van der Waals surface area contributed by atoms with E-state index in [-0.39, 0.29) is 0 Å². The zero-order valence-corrected chi connectivity index (χ0v) is 14.0. The van der Waals surface area contributed by atoms with E-state index in [0.29, 0.717) is 5.54 Å². The quantitative estimate of drug-likeness (QED) is 0.858. The summed E-state index contributed by atoms with van der Waals surface area (Å²) < 4.78 is 0. The summed E-state index contributed by atoms with van der Waals surface area (Å²) in [6.45, 7) is 6.31. The zero-order chi connectivity index (χ0) is 13.8. The minimum absolute atomic E-state index is 0.480. The van der Waals surface area contributed by atoms with Crippen LogP contribution in [0, 0.1) is 5.92 Å². The first-order valence-electron chi connectivity index (χ1n) is 8.88. The summed E-state index contributed by atoms with van der Waals surface area (Å²) in [4.78, 5) is 2.88. The molecule has 2 aliphatic heterocycles. The van der Waals surface area contributed by atoms with Crippen LogP contribution >= 0.6 is 11.8 Å². The van der Waals surface area contributed by atoms with Crippen molar-refractivity contribution in [3.63, 3.8) is 0 Å². The fraction of sp³-hybridized carbons (Fsp3) is 1.00. The van der Waals surface area contributed by atoms with Crippen molar-refractivity contribution in [3.8, 4) is 0 Å². The van der Waals surface area contributed by atoms with Crippen LogP contribution in [-0.2, 0) is 0 Å². The first-order valence-corrected chi connectivity index (χ1v) is 10.0. The van der Waals surface area contributed by atoms with Crippen LogP contribution < -0.4 is 5.32 Å². The van der Waals surface area contributed by atoms with E-state index in [1.165, 1.54) is 82.5 Å².